The van der Waals surface area contributed by atoms with Crippen molar-refractivity contribution in [2.45, 2.75) is 13.5 Å². The van der Waals surface area contributed by atoms with Crippen LogP contribution in [0.4, 0.5) is 4.39 Å². The molecule has 0 saturated heterocycles. The van der Waals surface area contributed by atoms with Crippen LogP contribution in [0, 0.1) is 12.7 Å². The third-order valence-electron chi connectivity index (χ3n) is 4.87. The Morgan fingerprint density at radius 1 is 1.10 bits per heavy atom. The summed E-state index contributed by atoms with van der Waals surface area (Å²) in [5.41, 5.74) is 2.78. The highest BCUT2D eigenvalue weighted by Crippen LogP contribution is 2.23. The Balaban J connectivity index is 1.77. The van der Waals surface area contributed by atoms with Gasteiger partial charge in [0.05, 0.1) is 24.6 Å². The second-order valence-corrected chi connectivity index (χ2v) is 6.86. The van der Waals surface area contributed by atoms with Crippen LogP contribution in [0.5, 0.6) is 0 Å². The van der Waals surface area contributed by atoms with E-state index in [9.17, 15) is 14.0 Å². The zero-order chi connectivity index (χ0) is 21.3. The van der Waals surface area contributed by atoms with Crippen molar-refractivity contribution in [1.82, 2.24) is 14.5 Å². The molecule has 150 valence electrons. The van der Waals surface area contributed by atoms with E-state index in [4.69, 9.17) is 4.74 Å². The summed E-state index contributed by atoms with van der Waals surface area (Å²) in [6.45, 7) is 1.84. The molecule has 7 heteroatoms. The summed E-state index contributed by atoms with van der Waals surface area (Å²) in [6, 6.07) is 11.7. The van der Waals surface area contributed by atoms with Crippen LogP contribution in [-0.4, -0.2) is 27.6 Å². The lowest BCUT2D eigenvalue weighted by Crippen LogP contribution is -2.23. The highest BCUT2D eigenvalue weighted by Gasteiger charge is 2.17. The lowest BCUT2D eigenvalue weighted by molar-refractivity contribution is 0.0601. The molecule has 0 bridgehead atoms. The monoisotopic (exact) mass is 403 g/mol. The molecule has 0 N–H and O–H groups in total. The topological polar surface area (TPSA) is 74.1 Å². The maximum atomic E-state index is 14.9. The number of aromatic nitrogens is 3. The molecule has 0 saturated carbocycles. The average molecular weight is 403 g/mol. The predicted molar refractivity (Wildman–Crippen MR) is 111 cm³/mol. The summed E-state index contributed by atoms with van der Waals surface area (Å²) in [4.78, 5) is 33.3. The summed E-state index contributed by atoms with van der Waals surface area (Å²) in [5, 5.41) is 0.268. The van der Waals surface area contributed by atoms with E-state index in [1.807, 2.05) is 19.1 Å². The molecule has 3 aromatic heterocycles. The molecule has 0 spiro atoms. The predicted octanol–water partition coefficient (Wildman–Crippen LogP) is 3.74. The number of hydrogen-bond acceptors (Lipinski definition) is 5. The van der Waals surface area contributed by atoms with Gasteiger partial charge in [-0.05, 0) is 48.4 Å². The summed E-state index contributed by atoms with van der Waals surface area (Å²) in [6.07, 6.45) is 4.54. The van der Waals surface area contributed by atoms with Gasteiger partial charge < -0.3 is 9.30 Å². The zero-order valence-corrected chi connectivity index (χ0v) is 16.4. The van der Waals surface area contributed by atoms with Crippen molar-refractivity contribution in [2.24, 2.45) is 0 Å². The lowest BCUT2D eigenvalue weighted by Gasteiger charge is -2.12. The average Bonchev–Trinajstić information content (AvgIpc) is 2.76. The fraction of sp³-hybridized carbons (Fsp3) is 0.130. The molecule has 4 rings (SSSR count). The number of hydrogen-bond donors (Lipinski definition) is 0. The first-order chi connectivity index (χ1) is 14.5. The number of methoxy groups -OCH3 is 1. The van der Waals surface area contributed by atoms with Gasteiger partial charge in [-0.25, -0.2) is 9.18 Å². The molecule has 3 heterocycles. The fourth-order valence-corrected chi connectivity index (χ4v) is 3.36. The zero-order valence-electron chi connectivity index (χ0n) is 16.4. The standard InChI is InChI=1S/C23H18FN3O3/c1-14-10-16(7-9-25-14)15-5-6-17(20(24)11-15)12-27-13-19(23(29)30-2)21-18(22(27)28)4-3-8-26-21/h3-11,13H,12H2,1-2H3. The summed E-state index contributed by atoms with van der Waals surface area (Å²) >= 11 is 0. The van der Waals surface area contributed by atoms with Crippen LogP contribution in [0.25, 0.3) is 22.0 Å². The molecule has 4 aromatic rings. The Kier molecular flexibility index (Phi) is 5.10. The first-order valence-corrected chi connectivity index (χ1v) is 9.26. The largest absolute Gasteiger partial charge is 0.465 e. The van der Waals surface area contributed by atoms with Crippen molar-refractivity contribution in [3.63, 3.8) is 0 Å². The second kappa shape index (κ2) is 7.87. The number of rotatable bonds is 4. The number of carbonyl (C=O) groups is 1. The van der Waals surface area contributed by atoms with Gasteiger partial charge >= 0.3 is 5.97 Å². The lowest BCUT2D eigenvalue weighted by atomic mass is 10.0. The second-order valence-electron chi connectivity index (χ2n) is 6.86. The molecule has 0 amide bonds. The number of fused-ring (bicyclic) bond motifs is 1. The molecule has 0 unspecified atom stereocenters. The van der Waals surface area contributed by atoms with Crippen LogP contribution >= 0.6 is 0 Å². The molecule has 0 aliphatic carbocycles. The molecule has 6 nitrogen and oxygen atoms in total. The molecule has 0 fully saturated rings. The number of ether oxygens (including phenoxy) is 1. The minimum absolute atomic E-state index is 0.0326. The molecular formula is C23H18FN3O3. The third kappa shape index (κ3) is 3.57. The van der Waals surface area contributed by atoms with E-state index in [1.54, 1.807) is 30.5 Å². The number of carbonyl (C=O) groups excluding carboxylic acids is 1. The van der Waals surface area contributed by atoms with Gasteiger partial charge in [-0.1, -0.05) is 12.1 Å². The Hall–Kier alpha value is -3.87. The van der Waals surface area contributed by atoms with Crippen LogP contribution < -0.4 is 5.56 Å². The van der Waals surface area contributed by atoms with Crippen molar-refractivity contribution in [2.75, 3.05) is 7.11 Å². The number of halogens is 1. The molecular weight excluding hydrogens is 385 g/mol. The maximum absolute atomic E-state index is 14.9. The van der Waals surface area contributed by atoms with E-state index in [1.165, 1.54) is 30.1 Å². The smallest absolute Gasteiger partial charge is 0.341 e. The number of esters is 1. The van der Waals surface area contributed by atoms with Crippen LogP contribution in [0.15, 0.2) is 65.8 Å². The van der Waals surface area contributed by atoms with E-state index < -0.39 is 11.8 Å². The van der Waals surface area contributed by atoms with Gasteiger partial charge in [0.2, 0.25) is 0 Å². The van der Waals surface area contributed by atoms with Crippen LogP contribution in [0.3, 0.4) is 0 Å². The molecule has 0 atom stereocenters. The summed E-state index contributed by atoms with van der Waals surface area (Å²) in [5.74, 6) is -1.06. The van der Waals surface area contributed by atoms with Gasteiger partial charge in [0.25, 0.3) is 5.56 Å². The van der Waals surface area contributed by atoms with Gasteiger partial charge in [0.15, 0.2) is 0 Å². The SMILES string of the molecule is COC(=O)c1cn(Cc2ccc(-c3ccnc(C)c3)cc2F)c(=O)c2cccnc12. The Bertz CT molecular complexity index is 1330. The van der Waals surface area contributed by atoms with Crippen molar-refractivity contribution in [3.8, 4) is 11.1 Å². The first kappa shape index (κ1) is 19.4. The number of pyridine rings is 3. The van der Waals surface area contributed by atoms with Crippen molar-refractivity contribution >= 4 is 16.9 Å². The Morgan fingerprint density at radius 2 is 1.90 bits per heavy atom. The molecule has 0 radical (unpaired) electrons. The van der Waals surface area contributed by atoms with Crippen LogP contribution in [0.2, 0.25) is 0 Å². The third-order valence-corrected chi connectivity index (χ3v) is 4.87. The van der Waals surface area contributed by atoms with Gasteiger partial charge in [0.1, 0.15) is 11.4 Å². The van der Waals surface area contributed by atoms with E-state index in [2.05, 4.69) is 9.97 Å². The summed E-state index contributed by atoms with van der Waals surface area (Å²) < 4.78 is 21.0. The van der Waals surface area contributed by atoms with E-state index in [0.717, 1.165) is 11.3 Å². The molecule has 1 aromatic carbocycles. The maximum Gasteiger partial charge on any atom is 0.341 e. The van der Waals surface area contributed by atoms with Crippen molar-refractivity contribution in [3.05, 3.63) is 94.0 Å². The van der Waals surface area contributed by atoms with Gasteiger partial charge in [-0.2, -0.15) is 0 Å². The molecule has 0 aliphatic rings. The quantitative estimate of drug-likeness (QED) is 0.485. The normalized spacial score (nSPS) is 10.9. The summed E-state index contributed by atoms with van der Waals surface area (Å²) in [7, 11) is 1.26. The fourth-order valence-electron chi connectivity index (χ4n) is 3.36. The van der Waals surface area contributed by atoms with E-state index in [0.29, 0.717) is 11.1 Å². The number of nitrogens with zero attached hydrogens (tertiary/aromatic N) is 3. The van der Waals surface area contributed by atoms with Crippen molar-refractivity contribution < 1.29 is 13.9 Å². The highest BCUT2D eigenvalue weighted by atomic mass is 19.1. The number of benzene rings is 1. The minimum atomic E-state index is -0.615. The van der Waals surface area contributed by atoms with Crippen LogP contribution in [0.1, 0.15) is 21.6 Å². The van der Waals surface area contributed by atoms with E-state index >= 15 is 0 Å². The highest BCUT2D eigenvalue weighted by molar-refractivity contribution is 6.01. The van der Waals surface area contributed by atoms with Gasteiger partial charge in [-0.15, -0.1) is 0 Å². The van der Waals surface area contributed by atoms with Crippen molar-refractivity contribution in [1.29, 1.82) is 0 Å². The minimum Gasteiger partial charge on any atom is -0.465 e. The van der Waals surface area contributed by atoms with E-state index in [-0.39, 0.29) is 28.6 Å². The first-order valence-electron chi connectivity index (χ1n) is 9.26. The Labute approximate surface area is 171 Å². The Morgan fingerprint density at radius 3 is 2.63 bits per heavy atom. The molecule has 0 aliphatic heterocycles. The molecule has 30 heavy (non-hydrogen) atoms. The number of aryl methyl sites for hydroxylation is 1. The van der Waals surface area contributed by atoms with Gasteiger partial charge in [-0.3, -0.25) is 14.8 Å². The van der Waals surface area contributed by atoms with Gasteiger partial charge in [0, 0.05) is 29.8 Å². The van der Waals surface area contributed by atoms with Crippen LogP contribution in [-0.2, 0) is 11.3 Å².